The maximum absolute atomic E-state index is 11.8. The molecule has 0 amide bonds. The number of hydrogen-bond acceptors (Lipinski definition) is 1. The van der Waals surface area contributed by atoms with Gasteiger partial charge in [-0.25, -0.2) is 0 Å². The highest BCUT2D eigenvalue weighted by atomic mass is 16.1. The van der Waals surface area contributed by atoms with E-state index in [4.69, 9.17) is 0 Å². The molecule has 0 aromatic heterocycles. The normalized spacial score (nSPS) is 30.6. The first-order chi connectivity index (χ1) is 6.09. The highest BCUT2D eigenvalue weighted by Gasteiger charge is 2.24. The molecule has 2 atom stereocenters. The maximum atomic E-state index is 11.8. The van der Waals surface area contributed by atoms with Gasteiger partial charge in [0.2, 0.25) is 0 Å². The second-order valence-corrected chi connectivity index (χ2v) is 5.03. The average Bonchev–Trinajstić information content (AvgIpc) is 2.13. The number of carbonyl (C=O) groups is 1. The molecule has 1 aliphatic carbocycles. The van der Waals surface area contributed by atoms with Gasteiger partial charge in [-0.15, -0.1) is 0 Å². The van der Waals surface area contributed by atoms with Crippen molar-refractivity contribution in [2.24, 2.45) is 17.8 Å². The Balaban J connectivity index is 2.48. The Kier molecular flexibility index (Phi) is 3.95. The van der Waals surface area contributed by atoms with Crippen LogP contribution in [0.4, 0.5) is 0 Å². The molecule has 0 aromatic rings. The minimum absolute atomic E-state index is 0.380. The quantitative estimate of drug-likeness (QED) is 0.598. The zero-order valence-electron chi connectivity index (χ0n) is 9.18. The summed E-state index contributed by atoms with van der Waals surface area (Å²) in [4.78, 5) is 11.8. The Labute approximate surface area is 81.9 Å². The first kappa shape index (κ1) is 10.7. The first-order valence-corrected chi connectivity index (χ1v) is 5.62. The SMILES string of the molecule is CC(C)CC1CCCC(C)CC1=O. The minimum atomic E-state index is 0.380. The van der Waals surface area contributed by atoms with Gasteiger partial charge in [0.05, 0.1) is 0 Å². The predicted octanol–water partition coefficient (Wildman–Crippen LogP) is 3.43. The Hall–Kier alpha value is -0.330. The Bertz CT molecular complexity index is 172. The maximum Gasteiger partial charge on any atom is 0.136 e. The van der Waals surface area contributed by atoms with E-state index in [-0.39, 0.29) is 0 Å². The van der Waals surface area contributed by atoms with Gasteiger partial charge in [0, 0.05) is 12.3 Å². The molecule has 1 heteroatoms. The van der Waals surface area contributed by atoms with Crippen LogP contribution in [0.5, 0.6) is 0 Å². The highest BCUT2D eigenvalue weighted by molar-refractivity contribution is 5.81. The molecule has 1 fully saturated rings. The van der Waals surface area contributed by atoms with Crippen molar-refractivity contribution in [3.63, 3.8) is 0 Å². The van der Waals surface area contributed by atoms with Gasteiger partial charge in [0.1, 0.15) is 5.78 Å². The van der Waals surface area contributed by atoms with Gasteiger partial charge in [0.15, 0.2) is 0 Å². The van der Waals surface area contributed by atoms with Gasteiger partial charge in [0.25, 0.3) is 0 Å². The van der Waals surface area contributed by atoms with E-state index in [0.29, 0.717) is 23.5 Å². The molecule has 0 bridgehead atoms. The molecule has 0 saturated heterocycles. The van der Waals surface area contributed by atoms with E-state index < -0.39 is 0 Å². The molecule has 0 N–H and O–H groups in total. The van der Waals surface area contributed by atoms with Crippen LogP contribution in [0, 0.1) is 17.8 Å². The van der Waals surface area contributed by atoms with Crippen molar-refractivity contribution in [2.45, 2.75) is 52.9 Å². The number of rotatable bonds is 2. The van der Waals surface area contributed by atoms with Crippen molar-refractivity contribution in [1.29, 1.82) is 0 Å². The number of hydrogen-bond donors (Lipinski definition) is 0. The van der Waals surface area contributed by atoms with Gasteiger partial charge >= 0.3 is 0 Å². The summed E-state index contributed by atoms with van der Waals surface area (Å²) in [6, 6.07) is 0. The standard InChI is InChI=1S/C12H22O/c1-9(2)7-11-6-4-5-10(3)8-12(11)13/h9-11H,4-8H2,1-3H3. The summed E-state index contributed by atoms with van der Waals surface area (Å²) in [7, 11) is 0. The summed E-state index contributed by atoms with van der Waals surface area (Å²) >= 11 is 0. The van der Waals surface area contributed by atoms with E-state index >= 15 is 0 Å². The van der Waals surface area contributed by atoms with E-state index in [1.165, 1.54) is 12.8 Å². The van der Waals surface area contributed by atoms with E-state index in [0.717, 1.165) is 19.3 Å². The van der Waals surface area contributed by atoms with Gasteiger partial charge in [-0.2, -0.15) is 0 Å². The number of carbonyl (C=O) groups excluding carboxylic acids is 1. The topological polar surface area (TPSA) is 17.1 Å². The van der Waals surface area contributed by atoms with Crippen LogP contribution in [0.2, 0.25) is 0 Å². The third kappa shape index (κ3) is 3.50. The van der Waals surface area contributed by atoms with Crippen molar-refractivity contribution in [1.82, 2.24) is 0 Å². The fourth-order valence-electron chi connectivity index (χ4n) is 2.30. The van der Waals surface area contributed by atoms with Crippen molar-refractivity contribution >= 4 is 5.78 Å². The third-order valence-electron chi connectivity index (χ3n) is 3.01. The molecular formula is C12H22O. The molecule has 1 rings (SSSR count). The predicted molar refractivity (Wildman–Crippen MR) is 55.6 cm³/mol. The number of Topliss-reactive ketones (excluding diaryl/α,β-unsaturated/α-hetero) is 1. The van der Waals surface area contributed by atoms with Gasteiger partial charge in [-0.3, -0.25) is 4.79 Å². The fourth-order valence-corrected chi connectivity index (χ4v) is 2.30. The van der Waals surface area contributed by atoms with Gasteiger partial charge in [-0.1, -0.05) is 33.6 Å². The van der Waals surface area contributed by atoms with Crippen LogP contribution in [0.15, 0.2) is 0 Å². The zero-order chi connectivity index (χ0) is 9.84. The second kappa shape index (κ2) is 4.78. The second-order valence-electron chi connectivity index (χ2n) is 5.03. The molecule has 0 radical (unpaired) electrons. The van der Waals surface area contributed by atoms with Crippen LogP contribution >= 0.6 is 0 Å². The van der Waals surface area contributed by atoms with Crippen LogP contribution in [0.1, 0.15) is 52.9 Å². The van der Waals surface area contributed by atoms with E-state index in [9.17, 15) is 4.79 Å². The molecule has 76 valence electrons. The molecule has 0 aromatic carbocycles. The summed E-state index contributed by atoms with van der Waals surface area (Å²) in [6.07, 6.45) is 5.58. The molecule has 1 aliphatic rings. The summed E-state index contributed by atoms with van der Waals surface area (Å²) in [6.45, 7) is 6.62. The van der Waals surface area contributed by atoms with Crippen LogP contribution < -0.4 is 0 Å². The lowest BCUT2D eigenvalue weighted by atomic mass is 9.89. The van der Waals surface area contributed by atoms with Gasteiger partial charge in [-0.05, 0) is 24.7 Å². The molecule has 0 aliphatic heterocycles. The summed E-state index contributed by atoms with van der Waals surface area (Å²) in [5.41, 5.74) is 0. The Morgan fingerprint density at radius 2 is 2.08 bits per heavy atom. The molecule has 0 spiro atoms. The fraction of sp³-hybridized carbons (Fsp3) is 0.917. The highest BCUT2D eigenvalue weighted by Crippen LogP contribution is 2.28. The van der Waals surface area contributed by atoms with E-state index in [1.54, 1.807) is 0 Å². The Morgan fingerprint density at radius 3 is 2.69 bits per heavy atom. The first-order valence-electron chi connectivity index (χ1n) is 5.62. The minimum Gasteiger partial charge on any atom is -0.299 e. The summed E-state index contributed by atoms with van der Waals surface area (Å²) in [5, 5.41) is 0. The van der Waals surface area contributed by atoms with E-state index in [1.807, 2.05) is 0 Å². The Morgan fingerprint density at radius 1 is 1.38 bits per heavy atom. The van der Waals surface area contributed by atoms with Crippen LogP contribution in [-0.2, 0) is 4.79 Å². The van der Waals surface area contributed by atoms with Crippen LogP contribution in [-0.4, -0.2) is 5.78 Å². The monoisotopic (exact) mass is 182 g/mol. The third-order valence-corrected chi connectivity index (χ3v) is 3.01. The number of ketones is 1. The van der Waals surface area contributed by atoms with Crippen molar-refractivity contribution in [3.05, 3.63) is 0 Å². The molecule has 13 heavy (non-hydrogen) atoms. The molecule has 0 heterocycles. The molecule has 1 saturated carbocycles. The largest absolute Gasteiger partial charge is 0.299 e. The zero-order valence-corrected chi connectivity index (χ0v) is 9.18. The lowest BCUT2D eigenvalue weighted by Gasteiger charge is -2.14. The summed E-state index contributed by atoms with van der Waals surface area (Å²) in [5.74, 6) is 2.20. The molecular weight excluding hydrogens is 160 g/mol. The lowest BCUT2D eigenvalue weighted by Crippen LogP contribution is -2.16. The van der Waals surface area contributed by atoms with Crippen LogP contribution in [0.25, 0.3) is 0 Å². The molecule has 2 unspecified atom stereocenters. The van der Waals surface area contributed by atoms with Crippen LogP contribution in [0.3, 0.4) is 0 Å². The van der Waals surface area contributed by atoms with E-state index in [2.05, 4.69) is 20.8 Å². The lowest BCUT2D eigenvalue weighted by molar-refractivity contribution is -0.123. The molecule has 1 nitrogen and oxygen atoms in total. The van der Waals surface area contributed by atoms with Crippen molar-refractivity contribution < 1.29 is 4.79 Å². The summed E-state index contributed by atoms with van der Waals surface area (Å²) < 4.78 is 0. The van der Waals surface area contributed by atoms with Gasteiger partial charge < -0.3 is 0 Å². The smallest absolute Gasteiger partial charge is 0.136 e. The van der Waals surface area contributed by atoms with Crippen molar-refractivity contribution in [2.75, 3.05) is 0 Å². The van der Waals surface area contributed by atoms with Crippen molar-refractivity contribution in [3.8, 4) is 0 Å². The average molecular weight is 182 g/mol.